The molecule has 0 radical (unpaired) electrons. The van der Waals surface area contributed by atoms with E-state index in [1.807, 2.05) is 32.0 Å². The number of amides is 1. The number of Topliss-reactive ketones (excluding diaryl/α,β-unsaturated/α-hetero) is 1. The molecule has 0 aromatic heterocycles. The van der Waals surface area contributed by atoms with Gasteiger partial charge in [0.15, 0.2) is 0 Å². The number of carbonyl (C=O) groups excluding carboxylic acids is 3. The molecule has 1 amide bonds. The minimum Gasteiger partial charge on any atom is -0.469 e. The average Bonchev–Trinajstić information content (AvgIpc) is 2.83. The molecule has 0 saturated carbocycles. The van der Waals surface area contributed by atoms with Crippen LogP contribution in [0, 0.1) is 19.8 Å². The number of hydrogen-bond donors (Lipinski definition) is 0. The van der Waals surface area contributed by atoms with Gasteiger partial charge in [-0.15, -0.1) is 0 Å². The SMILES string of the molecule is COC(=O)CC(=O)[C@H]1CC(=O)N(c2cccc(C)c2C)C1. The molecule has 5 nitrogen and oxygen atoms in total. The van der Waals surface area contributed by atoms with Crippen molar-refractivity contribution in [2.24, 2.45) is 5.92 Å². The Morgan fingerprint density at radius 2 is 2.05 bits per heavy atom. The van der Waals surface area contributed by atoms with Crippen molar-refractivity contribution in [1.29, 1.82) is 0 Å². The van der Waals surface area contributed by atoms with Gasteiger partial charge in [-0.05, 0) is 31.0 Å². The van der Waals surface area contributed by atoms with Gasteiger partial charge in [0, 0.05) is 24.6 Å². The summed E-state index contributed by atoms with van der Waals surface area (Å²) < 4.78 is 4.50. The molecule has 21 heavy (non-hydrogen) atoms. The third kappa shape index (κ3) is 3.12. The number of carbonyl (C=O) groups is 3. The van der Waals surface area contributed by atoms with E-state index in [1.165, 1.54) is 7.11 Å². The van der Waals surface area contributed by atoms with Gasteiger partial charge < -0.3 is 9.64 Å². The molecule has 1 fully saturated rings. The van der Waals surface area contributed by atoms with E-state index in [0.717, 1.165) is 16.8 Å². The van der Waals surface area contributed by atoms with Gasteiger partial charge in [0.1, 0.15) is 12.2 Å². The maximum atomic E-state index is 12.2. The lowest BCUT2D eigenvalue weighted by Crippen LogP contribution is -2.27. The summed E-state index contributed by atoms with van der Waals surface area (Å²) in [6, 6.07) is 5.77. The van der Waals surface area contributed by atoms with Crippen molar-refractivity contribution in [1.82, 2.24) is 0 Å². The zero-order chi connectivity index (χ0) is 15.6. The Morgan fingerprint density at radius 3 is 2.71 bits per heavy atom. The predicted molar refractivity (Wildman–Crippen MR) is 78.0 cm³/mol. The molecule has 1 atom stereocenters. The van der Waals surface area contributed by atoms with E-state index < -0.39 is 11.9 Å². The molecular formula is C16H19NO4. The van der Waals surface area contributed by atoms with Crippen molar-refractivity contribution in [2.45, 2.75) is 26.7 Å². The van der Waals surface area contributed by atoms with Crippen LogP contribution in [-0.2, 0) is 19.1 Å². The van der Waals surface area contributed by atoms with Crippen LogP contribution in [-0.4, -0.2) is 31.3 Å². The Morgan fingerprint density at radius 1 is 1.33 bits per heavy atom. The van der Waals surface area contributed by atoms with E-state index in [9.17, 15) is 14.4 Å². The van der Waals surface area contributed by atoms with Crippen molar-refractivity contribution in [3.8, 4) is 0 Å². The fraction of sp³-hybridized carbons (Fsp3) is 0.438. The van der Waals surface area contributed by atoms with Crippen LogP contribution in [0.3, 0.4) is 0 Å². The topological polar surface area (TPSA) is 63.7 Å². The van der Waals surface area contributed by atoms with Gasteiger partial charge in [0.25, 0.3) is 0 Å². The summed E-state index contributed by atoms with van der Waals surface area (Å²) in [4.78, 5) is 37.0. The number of esters is 1. The van der Waals surface area contributed by atoms with Crippen LogP contribution >= 0.6 is 0 Å². The number of nitrogens with zero attached hydrogens (tertiary/aromatic N) is 1. The lowest BCUT2D eigenvalue weighted by molar-refractivity contribution is -0.144. The molecule has 2 rings (SSSR count). The summed E-state index contributed by atoms with van der Waals surface area (Å²) in [6.45, 7) is 4.28. The molecule has 0 aliphatic carbocycles. The quantitative estimate of drug-likeness (QED) is 0.626. The summed E-state index contributed by atoms with van der Waals surface area (Å²) in [6.07, 6.45) is -0.113. The lowest BCUT2D eigenvalue weighted by Gasteiger charge is -2.20. The van der Waals surface area contributed by atoms with Crippen LogP contribution in [0.5, 0.6) is 0 Å². The minimum absolute atomic E-state index is 0.0769. The fourth-order valence-corrected chi connectivity index (χ4v) is 2.54. The third-order valence-corrected chi connectivity index (χ3v) is 3.99. The van der Waals surface area contributed by atoms with Gasteiger partial charge in [-0.25, -0.2) is 0 Å². The van der Waals surface area contributed by atoms with Crippen molar-refractivity contribution in [2.75, 3.05) is 18.6 Å². The highest BCUT2D eigenvalue weighted by atomic mass is 16.5. The number of ketones is 1. The van der Waals surface area contributed by atoms with Crippen molar-refractivity contribution >= 4 is 23.3 Å². The Kier molecular flexibility index (Phi) is 4.40. The monoisotopic (exact) mass is 289 g/mol. The van der Waals surface area contributed by atoms with Gasteiger partial charge in [0.05, 0.1) is 7.11 Å². The molecule has 1 aromatic rings. The first-order chi connectivity index (χ1) is 9.93. The molecule has 1 aromatic carbocycles. The Hall–Kier alpha value is -2.17. The average molecular weight is 289 g/mol. The highest BCUT2D eigenvalue weighted by Crippen LogP contribution is 2.30. The number of rotatable bonds is 4. The van der Waals surface area contributed by atoms with Gasteiger partial charge >= 0.3 is 5.97 Å². The largest absolute Gasteiger partial charge is 0.469 e. The van der Waals surface area contributed by atoms with Crippen LogP contribution < -0.4 is 4.90 Å². The Bertz CT molecular complexity index is 594. The van der Waals surface area contributed by atoms with Gasteiger partial charge in [-0.1, -0.05) is 12.1 Å². The van der Waals surface area contributed by atoms with Gasteiger partial charge in [-0.2, -0.15) is 0 Å². The summed E-state index contributed by atoms with van der Waals surface area (Å²) in [7, 11) is 1.25. The van der Waals surface area contributed by atoms with Crippen molar-refractivity contribution in [3.63, 3.8) is 0 Å². The second-order valence-electron chi connectivity index (χ2n) is 5.34. The second-order valence-corrected chi connectivity index (χ2v) is 5.34. The Labute approximate surface area is 123 Å². The molecule has 5 heteroatoms. The highest BCUT2D eigenvalue weighted by molar-refractivity contribution is 6.04. The first-order valence-electron chi connectivity index (χ1n) is 6.90. The van der Waals surface area contributed by atoms with Crippen LogP contribution in [0.2, 0.25) is 0 Å². The molecule has 0 N–H and O–H groups in total. The molecule has 0 bridgehead atoms. The standard InChI is InChI=1S/C16H19NO4/c1-10-5-4-6-13(11(10)2)17-9-12(7-15(17)19)14(18)8-16(20)21-3/h4-6,12H,7-9H2,1-3H3/t12-/m0/s1. The predicted octanol–water partition coefficient (Wildman–Crippen LogP) is 1.79. The zero-order valence-electron chi connectivity index (χ0n) is 12.5. The van der Waals surface area contributed by atoms with E-state index in [-0.39, 0.29) is 24.5 Å². The molecular weight excluding hydrogens is 270 g/mol. The number of aryl methyl sites for hydroxylation is 1. The molecule has 1 heterocycles. The normalized spacial score (nSPS) is 18.0. The summed E-state index contributed by atoms with van der Waals surface area (Å²) >= 11 is 0. The summed E-state index contributed by atoms with van der Waals surface area (Å²) in [5.74, 6) is -1.30. The number of benzene rings is 1. The lowest BCUT2D eigenvalue weighted by atomic mass is 10.0. The molecule has 0 spiro atoms. The first kappa shape index (κ1) is 15.2. The first-order valence-corrected chi connectivity index (χ1v) is 6.90. The zero-order valence-corrected chi connectivity index (χ0v) is 12.5. The van der Waals surface area contributed by atoms with E-state index in [4.69, 9.17) is 0 Å². The van der Waals surface area contributed by atoms with E-state index in [2.05, 4.69) is 4.74 Å². The fourth-order valence-electron chi connectivity index (χ4n) is 2.54. The number of anilines is 1. The molecule has 0 unspecified atom stereocenters. The molecule has 112 valence electrons. The maximum absolute atomic E-state index is 12.2. The van der Waals surface area contributed by atoms with Crippen molar-refractivity contribution < 1.29 is 19.1 Å². The van der Waals surface area contributed by atoms with E-state index >= 15 is 0 Å². The minimum atomic E-state index is -0.558. The number of ether oxygens (including phenoxy) is 1. The summed E-state index contributed by atoms with van der Waals surface area (Å²) in [5, 5.41) is 0. The second kappa shape index (κ2) is 6.08. The van der Waals surface area contributed by atoms with Crippen LogP contribution in [0.1, 0.15) is 24.0 Å². The van der Waals surface area contributed by atoms with Gasteiger partial charge in [-0.3, -0.25) is 14.4 Å². The van der Waals surface area contributed by atoms with Crippen LogP contribution in [0.15, 0.2) is 18.2 Å². The van der Waals surface area contributed by atoms with Gasteiger partial charge in [0.2, 0.25) is 5.91 Å². The molecule has 1 aliphatic heterocycles. The molecule has 1 saturated heterocycles. The van der Waals surface area contributed by atoms with E-state index in [1.54, 1.807) is 4.90 Å². The molecule has 1 aliphatic rings. The summed E-state index contributed by atoms with van der Waals surface area (Å²) in [5.41, 5.74) is 2.98. The maximum Gasteiger partial charge on any atom is 0.313 e. The smallest absolute Gasteiger partial charge is 0.313 e. The van der Waals surface area contributed by atoms with Crippen LogP contribution in [0.4, 0.5) is 5.69 Å². The van der Waals surface area contributed by atoms with Crippen LogP contribution in [0.25, 0.3) is 0 Å². The van der Waals surface area contributed by atoms with Crippen molar-refractivity contribution in [3.05, 3.63) is 29.3 Å². The number of methoxy groups -OCH3 is 1. The highest BCUT2D eigenvalue weighted by Gasteiger charge is 2.36. The van der Waals surface area contributed by atoms with E-state index in [0.29, 0.717) is 6.54 Å². The number of hydrogen-bond acceptors (Lipinski definition) is 4. The third-order valence-electron chi connectivity index (χ3n) is 3.99. The Balaban J connectivity index is 2.15.